The summed E-state index contributed by atoms with van der Waals surface area (Å²) in [6, 6.07) is 12.8. The van der Waals surface area contributed by atoms with Crippen LogP contribution >= 0.6 is 0 Å². The van der Waals surface area contributed by atoms with E-state index in [4.69, 9.17) is 0 Å². The van der Waals surface area contributed by atoms with Gasteiger partial charge in [-0.1, -0.05) is 37.0 Å². The molecule has 1 aliphatic carbocycles. The Labute approximate surface area is 196 Å². The fraction of sp³-hybridized carbons (Fsp3) is 0.440. The zero-order valence-electron chi connectivity index (χ0n) is 19.6. The van der Waals surface area contributed by atoms with Crippen molar-refractivity contribution >= 4 is 27.5 Å². The molecule has 0 radical (unpaired) electrons. The number of nitrogens with zero attached hydrogens (tertiary/aromatic N) is 1. The number of carbonyl (C=O) groups excluding carboxylic acids is 2. The number of nitrogens with one attached hydrogen (secondary N) is 2. The summed E-state index contributed by atoms with van der Waals surface area (Å²) in [5.74, 6) is -0.408. The van der Waals surface area contributed by atoms with E-state index >= 15 is 0 Å². The fourth-order valence-electron chi connectivity index (χ4n) is 4.27. The third-order valence-corrected chi connectivity index (χ3v) is 7.65. The van der Waals surface area contributed by atoms with Crippen molar-refractivity contribution < 1.29 is 18.0 Å². The van der Waals surface area contributed by atoms with Gasteiger partial charge in [0.1, 0.15) is 5.54 Å². The van der Waals surface area contributed by atoms with Crippen molar-refractivity contribution in [1.29, 1.82) is 0 Å². The summed E-state index contributed by atoms with van der Waals surface area (Å²) in [6.07, 6.45) is 4.04. The summed E-state index contributed by atoms with van der Waals surface area (Å²) in [7, 11) is -3.78. The lowest BCUT2D eigenvalue weighted by atomic mass is 9.80. The number of aryl methyl sites for hydroxylation is 1. The topological polar surface area (TPSA) is 95.6 Å². The number of likely N-dealkylation sites (N-methyl/N-ethyl adjacent to an activating group) is 1. The molecule has 1 fully saturated rings. The Balaban J connectivity index is 1.77. The van der Waals surface area contributed by atoms with Crippen molar-refractivity contribution in [2.75, 3.05) is 17.8 Å². The number of rotatable bonds is 8. The average molecular weight is 472 g/mol. The molecule has 0 atom stereocenters. The van der Waals surface area contributed by atoms with Crippen molar-refractivity contribution in [2.24, 2.45) is 0 Å². The van der Waals surface area contributed by atoms with Crippen LogP contribution in [0.2, 0.25) is 0 Å². The molecule has 0 heterocycles. The highest BCUT2D eigenvalue weighted by molar-refractivity contribution is 7.92. The van der Waals surface area contributed by atoms with Crippen molar-refractivity contribution in [3.8, 4) is 0 Å². The van der Waals surface area contributed by atoms with Gasteiger partial charge < -0.3 is 10.2 Å². The summed E-state index contributed by atoms with van der Waals surface area (Å²) in [6.45, 7) is 6.98. The van der Waals surface area contributed by atoms with Crippen molar-refractivity contribution in [3.05, 3.63) is 59.7 Å². The minimum atomic E-state index is -3.78. The van der Waals surface area contributed by atoms with Gasteiger partial charge in [0.15, 0.2) is 0 Å². The smallest absolute Gasteiger partial charge is 0.261 e. The normalized spacial score (nSPS) is 15.5. The van der Waals surface area contributed by atoms with E-state index in [9.17, 15) is 18.0 Å². The fourth-order valence-corrected chi connectivity index (χ4v) is 5.33. The number of amides is 2. The van der Waals surface area contributed by atoms with E-state index in [1.54, 1.807) is 17.0 Å². The molecule has 7 nitrogen and oxygen atoms in total. The first-order valence-electron chi connectivity index (χ1n) is 11.5. The number of hydrogen-bond acceptors (Lipinski definition) is 4. The maximum Gasteiger partial charge on any atom is 0.261 e. The van der Waals surface area contributed by atoms with Gasteiger partial charge in [-0.15, -0.1) is 0 Å². The first kappa shape index (κ1) is 24.8. The molecular formula is C25H33N3O4S. The standard InChI is InChI=1S/C25H33N3O4S/c1-4-28(5-2)24(30)25(17-7-6-8-18-25)26-23(29)20-11-15-22(16-12-20)33(31,32)27-21-13-9-19(3)10-14-21/h9-16,27H,4-8,17-18H2,1-3H3,(H,26,29). The van der Waals surface area contributed by atoms with Crippen LogP contribution in [0.1, 0.15) is 61.9 Å². The molecule has 0 aromatic heterocycles. The van der Waals surface area contributed by atoms with Gasteiger partial charge in [0.25, 0.3) is 15.9 Å². The van der Waals surface area contributed by atoms with Crippen LogP contribution in [-0.4, -0.2) is 43.8 Å². The van der Waals surface area contributed by atoms with Gasteiger partial charge >= 0.3 is 0 Å². The van der Waals surface area contributed by atoms with Crippen LogP contribution < -0.4 is 10.0 Å². The van der Waals surface area contributed by atoms with Gasteiger partial charge in [-0.05, 0) is 70.0 Å². The summed E-state index contributed by atoms with van der Waals surface area (Å²) in [4.78, 5) is 28.1. The van der Waals surface area contributed by atoms with E-state index < -0.39 is 15.6 Å². The lowest BCUT2D eigenvalue weighted by Crippen LogP contribution is -2.60. The molecular weight excluding hydrogens is 438 g/mol. The molecule has 1 saturated carbocycles. The lowest BCUT2D eigenvalue weighted by molar-refractivity contribution is -0.139. The second-order valence-corrected chi connectivity index (χ2v) is 10.3. The maximum absolute atomic E-state index is 13.3. The second-order valence-electron chi connectivity index (χ2n) is 8.57. The van der Waals surface area contributed by atoms with Gasteiger partial charge in [-0.2, -0.15) is 0 Å². The van der Waals surface area contributed by atoms with Gasteiger partial charge in [0.2, 0.25) is 5.91 Å². The Morgan fingerprint density at radius 1 is 0.909 bits per heavy atom. The number of hydrogen-bond donors (Lipinski definition) is 2. The summed E-state index contributed by atoms with van der Waals surface area (Å²) in [5, 5.41) is 3.01. The minimum Gasteiger partial charge on any atom is -0.341 e. The van der Waals surface area contributed by atoms with Crippen LogP contribution in [0.4, 0.5) is 5.69 Å². The van der Waals surface area contributed by atoms with Crippen molar-refractivity contribution in [3.63, 3.8) is 0 Å². The largest absolute Gasteiger partial charge is 0.341 e. The number of carbonyl (C=O) groups is 2. The second kappa shape index (κ2) is 10.4. The molecule has 2 aromatic carbocycles. The van der Waals surface area contributed by atoms with E-state index in [0.29, 0.717) is 37.2 Å². The zero-order valence-corrected chi connectivity index (χ0v) is 20.4. The molecule has 33 heavy (non-hydrogen) atoms. The molecule has 0 aliphatic heterocycles. The summed E-state index contributed by atoms with van der Waals surface area (Å²) < 4.78 is 28.0. The first-order valence-corrected chi connectivity index (χ1v) is 13.0. The van der Waals surface area contributed by atoms with E-state index in [0.717, 1.165) is 24.8 Å². The van der Waals surface area contributed by atoms with Crippen LogP contribution in [0.15, 0.2) is 53.4 Å². The molecule has 8 heteroatoms. The number of benzene rings is 2. The zero-order chi connectivity index (χ0) is 24.1. The predicted octanol–water partition coefficient (Wildman–Crippen LogP) is 4.10. The average Bonchev–Trinajstić information content (AvgIpc) is 2.82. The number of anilines is 1. The van der Waals surface area contributed by atoms with Gasteiger partial charge in [0.05, 0.1) is 4.90 Å². The highest BCUT2D eigenvalue weighted by Gasteiger charge is 2.42. The van der Waals surface area contributed by atoms with Crippen molar-refractivity contribution in [1.82, 2.24) is 10.2 Å². The molecule has 3 rings (SSSR count). The molecule has 2 aromatic rings. The summed E-state index contributed by atoms with van der Waals surface area (Å²) in [5.41, 5.74) is 0.917. The Morgan fingerprint density at radius 2 is 1.48 bits per heavy atom. The molecule has 0 spiro atoms. The Hall–Kier alpha value is -2.87. The molecule has 2 amide bonds. The molecule has 0 bridgehead atoms. The van der Waals surface area contributed by atoms with Gasteiger partial charge in [-0.25, -0.2) is 8.42 Å². The number of sulfonamides is 1. The van der Waals surface area contributed by atoms with Crippen LogP contribution in [0.3, 0.4) is 0 Å². The molecule has 1 aliphatic rings. The van der Waals surface area contributed by atoms with E-state index in [2.05, 4.69) is 10.0 Å². The first-order chi connectivity index (χ1) is 15.7. The third kappa shape index (κ3) is 5.74. The Kier molecular flexibility index (Phi) is 7.79. The van der Waals surface area contributed by atoms with E-state index in [-0.39, 0.29) is 16.7 Å². The Morgan fingerprint density at radius 3 is 2.03 bits per heavy atom. The highest BCUT2D eigenvalue weighted by atomic mass is 32.2. The lowest BCUT2D eigenvalue weighted by Gasteiger charge is -2.40. The quantitative estimate of drug-likeness (QED) is 0.606. The van der Waals surface area contributed by atoms with Crippen LogP contribution in [0.25, 0.3) is 0 Å². The minimum absolute atomic E-state index is 0.0398. The third-order valence-electron chi connectivity index (χ3n) is 6.25. The Bertz CT molecular complexity index is 1070. The van der Waals surface area contributed by atoms with Crippen LogP contribution in [-0.2, 0) is 14.8 Å². The van der Waals surface area contributed by atoms with E-state index in [1.165, 1.54) is 24.3 Å². The maximum atomic E-state index is 13.3. The van der Waals surface area contributed by atoms with Gasteiger partial charge in [0, 0.05) is 24.3 Å². The van der Waals surface area contributed by atoms with E-state index in [1.807, 2.05) is 32.9 Å². The molecule has 0 unspecified atom stereocenters. The molecule has 178 valence electrons. The van der Waals surface area contributed by atoms with Crippen LogP contribution in [0, 0.1) is 6.92 Å². The monoisotopic (exact) mass is 471 g/mol. The molecule has 2 N–H and O–H groups in total. The predicted molar refractivity (Wildman–Crippen MR) is 130 cm³/mol. The van der Waals surface area contributed by atoms with Gasteiger partial charge in [-0.3, -0.25) is 14.3 Å². The molecule has 0 saturated heterocycles. The highest BCUT2D eigenvalue weighted by Crippen LogP contribution is 2.31. The summed E-state index contributed by atoms with van der Waals surface area (Å²) >= 11 is 0. The van der Waals surface area contributed by atoms with Crippen LogP contribution in [0.5, 0.6) is 0 Å². The van der Waals surface area contributed by atoms with Crippen molar-refractivity contribution in [2.45, 2.75) is 63.3 Å². The SMILES string of the molecule is CCN(CC)C(=O)C1(NC(=O)c2ccc(S(=O)(=O)Nc3ccc(C)cc3)cc2)CCCCC1.